The molecule has 0 spiro atoms. The molecule has 3 nitrogen and oxygen atoms in total. The summed E-state index contributed by atoms with van der Waals surface area (Å²) in [5.41, 5.74) is 1.25. The monoisotopic (exact) mass is 276 g/mol. The van der Waals surface area contributed by atoms with Crippen molar-refractivity contribution in [3.63, 3.8) is 0 Å². The highest BCUT2D eigenvalue weighted by atomic mass is 19.1. The number of piperidine rings is 1. The predicted molar refractivity (Wildman–Crippen MR) is 77.8 cm³/mol. The van der Waals surface area contributed by atoms with Crippen LogP contribution in [0.25, 0.3) is 0 Å². The zero-order valence-corrected chi connectivity index (χ0v) is 11.9. The van der Waals surface area contributed by atoms with Gasteiger partial charge in [-0.05, 0) is 44.5 Å². The summed E-state index contributed by atoms with van der Waals surface area (Å²) in [6, 6.07) is 5.55. The van der Waals surface area contributed by atoms with Gasteiger partial charge < -0.3 is 4.90 Å². The van der Waals surface area contributed by atoms with E-state index in [9.17, 15) is 9.18 Å². The summed E-state index contributed by atoms with van der Waals surface area (Å²) in [5.74, 6) is -0.331. The van der Waals surface area contributed by atoms with E-state index < -0.39 is 0 Å². The van der Waals surface area contributed by atoms with E-state index in [1.54, 1.807) is 12.1 Å². The molecule has 2 heterocycles. The van der Waals surface area contributed by atoms with Crippen molar-refractivity contribution in [3.05, 3.63) is 29.6 Å². The maximum Gasteiger partial charge on any atom is 0.150 e. The first kappa shape index (κ1) is 13.6. The number of anilines is 1. The van der Waals surface area contributed by atoms with E-state index in [1.165, 1.54) is 31.9 Å². The fourth-order valence-corrected chi connectivity index (χ4v) is 3.54. The number of carbonyl (C=O) groups excluding carboxylic acids is 1. The van der Waals surface area contributed by atoms with E-state index in [-0.39, 0.29) is 5.82 Å². The summed E-state index contributed by atoms with van der Waals surface area (Å²) in [6.07, 6.45) is 4.51. The van der Waals surface area contributed by atoms with Crippen LogP contribution in [-0.4, -0.2) is 42.9 Å². The average molecular weight is 276 g/mol. The van der Waals surface area contributed by atoms with E-state index in [4.69, 9.17) is 0 Å². The number of nitrogens with zero attached hydrogens (tertiary/aromatic N) is 2. The lowest BCUT2D eigenvalue weighted by Gasteiger charge is -2.48. The molecule has 3 rings (SSSR count). The Morgan fingerprint density at radius 2 is 2.10 bits per heavy atom. The fraction of sp³-hybridized carbons (Fsp3) is 0.562. The van der Waals surface area contributed by atoms with E-state index in [0.717, 1.165) is 18.8 Å². The van der Waals surface area contributed by atoms with Gasteiger partial charge in [-0.15, -0.1) is 0 Å². The van der Waals surface area contributed by atoms with Crippen molar-refractivity contribution < 1.29 is 9.18 Å². The van der Waals surface area contributed by atoms with Crippen LogP contribution in [0.4, 0.5) is 10.1 Å². The third-order valence-corrected chi connectivity index (χ3v) is 4.56. The van der Waals surface area contributed by atoms with Gasteiger partial charge in [-0.3, -0.25) is 9.69 Å². The first-order valence-electron chi connectivity index (χ1n) is 7.44. The molecule has 4 heteroatoms. The molecule has 1 aromatic rings. The normalized spacial score (nSPS) is 27.2. The minimum atomic E-state index is -0.331. The molecule has 2 unspecified atom stereocenters. The van der Waals surface area contributed by atoms with E-state index in [2.05, 4.69) is 16.7 Å². The first-order valence-corrected chi connectivity index (χ1v) is 7.44. The number of halogens is 1. The lowest BCUT2D eigenvalue weighted by atomic mass is 9.96. The van der Waals surface area contributed by atoms with Crippen LogP contribution in [0.1, 0.15) is 36.5 Å². The topological polar surface area (TPSA) is 23.6 Å². The second kappa shape index (κ2) is 5.52. The molecular formula is C16H21FN2O. The Balaban J connectivity index is 1.85. The van der Waals surface area contributed by atoms with Gasteiger partial charge in [-0.25, -0.2) is 4.39 Å². The molecule has 0 amide bonds. The van der Waals surface area contributed by atoms with Crippen LogP contribution < -0.4 is 4.90 Å². The van der Waals surface area contributed by atoms with E-state index >= 15 is 0 Å². The number of rotatable bonds is 2. The highest BCUT2D eigenvalue weighted by Gasteiger charge is 2.33. The number of carbonyl (C=O) groups is 1. The average Bonchev–Trinajstić information content (AvgIpc) is 2.45. The first-order chi connectivity index (χ1) is 9.67. The van der Waals surface area contributed by atoms with Gasteiger partial charge in [0.05, 0.1) is 0 Å². The minimum Gasteiger partial charge on any atom is -0.366 e. The second-order valence-corrected chi connectivity index (χ2v) is 6.01. The van der Waals surface area contributed by atoms with Gasteiger partial charge in [-0.2, -0.15) is 0 Å². The van der Waals surface area contributed by atoms with Crippen LogP contribution in [0.3, 0.4) is 0 Å². The van der Waals surface area contributed by atoms with Gasteiger partial charge in [0.15, 0.2) is 0 Å². The van der Waals surface area contributed by atoms with Crippen molar-refractivity contribution in [2.75, 3.05) is 24.5 Å². The number of piperazine rings is 1. The Hall–Kier alpha value is -1.42. The van der Waals surface area contributed by atoms with Crippen LogP contribution in [0.15, 0.2) is 18.2 Å². The number of aldehydes is 1. The molecule has 0 aliphatic carbocycles. The number of hydrogen-bond acceptors (Lipinski definition) is 3. The lowest BCUT2D eigenvalue weighted by Crippen LogP contribution is -2.58. The van der Waals surface area contributed by atoms with Crippen molar-refractivity contribution in [2.45, 2.75) is 38.3 Å². The number of hydrogen-bond donors (Lipinski definition) is 0. The zero-order chi connectivity index (χ0) is 14.1. The van der Waals surface area contributed by atoms with Crippen LogP contribution in [0.2, 0.25) is 0 Å². The molecule has 0 radical (unpaired) electrons. The van der Waals surface area contributed by atoms with Gasteiger partial charge in [0, 0.05) is 36.4 Å². The third kappa shape index (κ3) is 2.57. The molecule has 20 heavy (non-hydrogen) atoms. The summed E-state index contributed by atoms with van der Waals surface area (Å²) in [7, 11) is 0. The summed E-state index contributed by atoms with van der Waals surface area (Å²) < 4.78 is 13.6. The summed E-state index contributed by atoms with van der Waals surface area (Å²) in [6.45, 7) is 5.32. The smallest absolute Gasteiger partial charge is 0.150 e. The summed E-state index contributed by atoms with van der Waals surface area (Å²) in [5, 5.41) is 0. The van der Waals surface area contributed by atoms with Crippen molar-refractivity contribution >= 4 is 12.0 Å². The lowest BCUT2D eigenvalue weighted by molar-refractivity contribution is 0.112. The maximum atomic E-state index is 13.6. The molecule has 2 atom stereocenters. The fourth-order valence-electron chi connectivity index (χ4n) is 3.54. The Bertz CT molecular complexity index is 505. The highest BCUT2D eigenvalue weighted by molar-refractivity contribution is 5.77. The number of fused-ring (bicyclic) bond motifs is 1. The minimum absolute atomic E-state index is 0.331. The largest absolute Gasteiger partial charge is 0.366 e. The highest BCUT2D eigenvalue weighted by Crippen LogP contribution is 2.29. The van der Waals surface area contributed by atoms with E-state index in [1.807, 2.05) is 0 Å². The molecule has 0 bridgehead atoms. The maximum absolute atomic E-state index is 13.6. The van der Waals surface area contributed by atoms with Crippen LogP contribution in [0.5, 0.6) is 0 Å². The van der Waals surface area contributed by atoms with Crippen LogP contribution >= 0.6 is 0 Å². The number of benzene rings is 1. The van der Waals surface area contributed by atoms with E-state index in [0.29, 0.717) is 23.9 Å². The van der Waals surface area contributed by atoms with Crippen molar-refractivity contribution in [1.82, 2.24) is 4.90 Å². The van der Waals surface area contributed by atoms with Gasteiger partial charge >= 0.3 is 0 Å². The van der Waals surface area contributed by atoms with Crippen molar-refractivity contribution in [3.8, 4) is 0 Å². The summed E-state index contributed by atoms with van der Waals surface area (Å²) >= 11 is 0. The van der Waals surface area contributed by atoms with Crippen molar-refractivity contribution in [1.29, 1.82) is 0 Å². The summed E-state index contributed by atoms with van der Waals surface area (Å²) in [4.78, 5) is 15.7. The van der Waals surface area contributed by atoms with Gasteiger partial charge in [-0.1, -0.05) is 6.42 Å². The molecule has 0 aromatic heterocycles. The molecule has 0 N–H and O–H groups in total. The van der Waals surface area contributed by atoms with Gasteiger partial charge in [0.1, 0.15) is 12.1 Å². The van der Waals surface area contributed by atoms with Gasteiger partial charge in [0.2, 0.25) is 0 Å². The quantitative estimate of drug-likeness (QED) is 0.776. The molecule has 2 saturated heterocycles. The zero-order valence-electron chi connectivity index (χ0n) is 11.9. The Kier molecular flexibility index (Phi) is 3.74. The van der Waals surface area contributed by atoms with Crippen molar-refractivity contribution in [2.24, 2.45) is 0 Å². The predicted octanol–water partition coefficient (Wildman–Crippen LogP) is 2.70. The molecule has 0 saturated carbocycles. The Labute approximate surface area is 119 Å². The van der Waals surface area contributed by atoms with Crippen LogP contribution in [0, 0.1) is 5.82 Å². The molecule has 2 aliphatic heterocycles. The second-order valence-electron chi connectivity index (χ2n) is 6.01. The molecular weight excluding hydrogens is 255 g/mol. The third-order valence-electron chi connectivity index (χ3n) is 4.56. The van der Waals surface area contributed by atoms with Gasteiger partial charge in [0.25, 0.3) is 0 Å². The standard InChI is InChI=1S/C16H21FN2O/c1-12-9-18-5-3-2-4-15(18)10-19(12)16-7-13(11-20)6-14(17)8-16/h6-8,11-12,15H,2-5,9-10H2,1H3. The van der Waals surface area contributed by atoms with Crippen LogP contribution in [-0.2, 0) is 0 Å². The SMILES string of the molecule is CC1CN2CCCCC2CN1c1cc(F)cc(C=O)c1. The molecule has 2 aliphatic rings. The molecule has 2 fully saturated rings. The molecule has 108 valence electrons. The molecule has 1 aromatic carbocycles. The Morgan fingerprint density at radius 3 is 2.90 bits per heavy atom. The Morgan fingerprint density at radius 1 is 1.25 bits per heavy atom.